The van der Waals surface area contributed by atoms with Gasteiger partial charge in [-0.2, -0.15) is 0 Å². The van der Waals surface area contributed by atoms with Crippen LogP contribution in [-0.2, 0) is 20.7 Å². The number of carbonyl (C=O) groups excluding carboxylic acids is 2. The number of benzene rings is 2. The Labute approximate surface area is 173 Å². The van der Waals surface area contributed by atoms with Gasteiger partial charge in [-0.3, -0.25) is 9.59 Å². The Balaban J connectivity index is 1.50. The van der Waals surface area contributed by atoms with E-state index in [1.807, 2.05) is 61.5 Å². The van der Waals surface area contributed by atoms with Crippen molar-refractivity contribution in [2.24, 2.45) is 0 Å². The van der Waals surface area contributed by atoms with E-state index in [-0.39, 0.29) is 18.9 Å². The van der Waals surface area contributed by atoms with Gasteiger partial charge < -0.3 is 14.6 Å². The van der Waals surface area contributed by atoms with E-state index < -0.39 is 5.97 Å². The molecule has 2 aromatic carbocycles. The van der Waals surface area contributed by atoms with Crippen LogP contribution in [0.3, 0.4) is 0 Å². The first-order valence-corrected chi connectivity index (χ1v) is 10.0. The molecule has 1 N–H and O–H groups in total. The predicted molar refractivity (Wildman–Crippen MR) is 111 cm³/mol. The maximum Gasteiger partial charge on any atom is 0.306 e. The minimum atomic E-state index is -0.438. The third-order valence-corrected chi connectivity index (χ3v) is 5.34. The molecule has 1 aromatic heterocycles. The molecule has 1 heterocycles. The molecule has 150 valence electrons. The van der Waals surface area contributed by atoms with Crippen LogP contribution in [0.5, 0.6) is 0 Å². The number of rotatable bonds is 8. The number of para-hydroxylation sites is 1. The summed E-state index contributed by atoms with van der Waals surface area (Å²) in [5.74, 6) is -0.121. The number of ether oxygens (including phenoxy) is 1. The SMILES string of the molecule is Cc1noc(C)c1CCC(=O)OCC(=O)Nc1ccccc1Sc1ccccc1. The fourth-order valence-corrected chi connectivity index (χ4v) is 3.69. The van der Waals surface area contributed by atoms with Crippen LogP contribution < -0.4 is 5.32 Å². The molecule has 0 bridgehead atoms. The van der Waals surface area contributed by atoms with Crippen molar-refractivity contribution in [3.05, 3.63) is 71.6 Å². The van der Waals surface area contributed by atoms with Crippen LogP contribution in [0.2, 0.25) is 0 Å². The smallest absolute Gasteiger partial charge is 0.306 e. The van der Waals surface area contributed by atoms with Gasteiger partial charge in [0.05, 0.1) is 11.4 Å². The fraction of sp³-hybridized carbons (Fsp3) is 0.227. The molecule has 0 radical (unpaired) electrons. The third-order valence-electron chi connectivity index (χ3n) is 4.26. The number of nitrogens with one attached hydrogen (secondary N) is 1. The van der Waals surface area contributed by atoms with E-state index in [9.17, 15) is 9.59 Å². The zero-order valence-electron chi connectivity index (χ0n) is 16.3. The van der Waals surface area contributed by atoms with Gasteiger partial charge in [0.1, 0.15) is 5.76 Å². The Kier molecular flexibility index (Phi) is 7.08. The molecule has 6 nitrogen and oxygen atoms in total. The van der Waals surface area contributed by atoms with Crippen LogP contribution >= 0.6 is 11.8 Å². The Hall–Kier alpha value is -3.06. The number of hydrogen-bond acceptors (Lipinski definition) is 6. The summed E-state index contributed by atoms with van der Waals surface area (Å²) in [6.07, 6.45) is 0.634. The highest BCUT2D eigenvalue weighted by atomic mass is 32.2. The molecule has 0 spiro atoms. The maximum absolute atomic E-state index is 12.2. The summed E-state index contributed by atoms with van der Waals surface area (Å²) in [6.45, 7) is 3.30. The summed E-state index contributed by atoms with van der Waals surface area (Å²) in [5.41, 5.74) is 2.34. The maximum atomic E-state index is 12.2. The van der Waals surface area contributed by atoms with Crippen molar-refractivity contribution >= 4 is 29.3 Å². The van der Waals surface area contributed by atoms with Gasteiger partial charge >= 0.3 is 5.97 Å². The van der Waals surface area contributed by atoms with Crippen LogP contribution in [0.4, 0.5) is 5.69 Å². The molecule has 0 aliphatic carbocycles. The lowest BCUT2D eigenvalue weighted by Crippen LogP contribution is -2.21. The molecular formula is C22H22N2O4S. The molecular weight excluding hydrogens is 388 g/mol. The number of aromatic nitrogens is 1. The lowest BCUT2D eigenvalue weighted by molar-refractivity contribution is -0.147. The first kappa shape index (κ1) is 20.7. The van der Waals surface area contributed by atoms with Gasteiger partial charge in [-0.25, -0.2) is 0 Å². The van der Waals surface area contributed by atoms with Crippen molar-refractivity contribution in [2.75, 3.05) is 11.9 Å². The van der Waals surface area contributed by atoms with Gasteiger partial charge in [0.25, 0.3) is 5.91 Å². The molecule has 0 saturated heterocycles. The first-order chi connectivity index (χ1) is 14.0. The molecule has 0 atom stereocenters. The molecule has 0 fully saturated rings. The van der Waals surface area contributed by atoms with Gasteiger partial charge in [0.2, 0.25) is 0 Å². The second kappa shape index (κ2) is 9.93. The highest BCUT2D eigenvalue weighted by Gasteiger charge is 2.14. The normalized spacial score (nSPS) is 10.6. The standard InChI is InChI=1S/C22H22N2O4S/c1-15-18(16(2)28-24-15)12-13-22(26)27-14-21(25)23-19-10-6-7-11-20(19)29-17-8-4-3-5-9-17/h3-11H,12-14H2,1-2H3,(H,23,25). The van der Waals surface area contributed by atoms with Crippen molar-refractivity contribution in [2.45, 2.75) is 36.5 Å². The topological polar surface area (TPSA) is 81.4 Å². The zero-order valence-corrected chi connectivity index (χ0v) is 17.1. The monoisotopic (exact) mass is 410 g/mol. The van der Waals surface area contributed by atoms with E-state index >= 15 is 0 Å². The van der Waals surface area contributed by atoms with Crippen LogP contribution in [0.25, 0.3) is 0 Å². The third kappa shape index (κ3) is 5.96. The number of carbonyl (C=O) groups is 2. The van der Waals surface area contributed by atoms with Crippen LogP contribution in [-0.4, -0.2) is 23.6 Å². The van der Waals surface area contributed by atoms with Gasteiger partial charge in [-0.05, 0) is 44.5 Å². The summed E-state index contributed by atoms with van der Waals surface area (Å²) >= 11 is 1.55. The molecule has 1 amide bonds. The Morgan fingerprint density at radius 3 is 2.52 bits per heavy atom. The van der Waals surface area contributed by atoms with Crippen molar-refractivity contribution in [1.29, 1.82) is 0 Å². The lowest BCUT2D eigenvalue weighted by atomic mass is 10.1. The average Bonchev–Trinajstić information content (AvgIpc) is 3.04. The molecule has 3 rings (SSSR count). The number of hydrogen-bond donors (Lipinski definition) is 1. The summed E-state index contributed by atoms with van der Waals surface area (Å²) in [4.78, 5) is 26.2. The van der Waals surface area contributed by atoms with Crippen LogP contribution in [0.1, 0.15) is 23.4 Å². The second-order valence-electron chi connectivity index (χ2n) is 6.42. The van der Waals surface area contributed by atoms with Gasteiger partial charge in [-0.1, -0.05) is 47.3 Å². The number of nitrogens with zero attached hydrogens (tertiary/aromatic N) is 1. The summed E-state index contributed by atoms with van der Waals surface area (Å²) in [7, 11) is 0. The number of anilines is 1. The van der Waals surface area contributed by atoms with E-state index in [4.69, 9.17) is 9.26 Å². The van der Waals surface area contributed by atoms with E-state index in [1.165, 1.54) is 0 Å². The molecule has 0 saturated carbocycles. The quantitative estimate of drug-likeness (QED) is 0.549. The Morgan fingerprint density at radius 2 is 1.79 bits per heavy atom. The van der Waals surface area contributed by atoms with Crippen molar-refractivity contribution < 1.29 is 18.8 Å². The first-order valence-electron chi connectivity index (χ1n) is 9.22. The fourth-order valence-electron chi connectivity index (χ4n) is 2.76. The zero-order chi connectivity index (χ0) is 20.6. The summed E-state index contributed by atoms with van der Waals surface area (Å²) in [5, 5.41) is 6.67. The molecule has 0 unspecified atom stereocenters. The summed E-state index contributed by atoms with van der Waals surface area (Å²) in [6, 6.07) is 17.4. The average molecular weight is 410 g/mol. The highest BCUT2D eigenvalue weighted by molar-refractivity contribution is 7.99. The second-order valence-corrected chi connectivity index (χ2v) is 7.54. The van der Waals surface area contributed by atoms with E-state index in [1.54, 1.807) is 18.7 Å². The van der Waals surface area contributed by atoms with Crippen molar-refractivity contribution in [3.63, 3.8) is 0 Å². The molecule has 0 aliphatic heterocycles. The van der Waals surface area contributed by atoms with Crippen molar-refractivity contribution in [1.82, 2.24) is 5.16 Å². The van der Waals surface area contributed by atoms with Gasteiger partial charge in [0, 0.05) is 21.8 Å². The number of esters is 1. The highest BCUT2D eigenvalue weighted by Crippen LogP contribution is 2.33. The van der Waals surface area contributed by atoms with E-state index in [2.05, 4.69) is 10.5 Å². The van der Waals surface area contributed by atoms with Crippen LogP contribution in [0.15, 0.2) is 68.9 Å². The minimum Gasteiger partial charge on any atom is -0.456 e. The van der Waals surface area contributed by atoms with E-state index in [0.29, 0.717) is 17.9 Å². The Morgan fingerprint density at radius 1 is 1.07 bits per heavy atom. The minimum absolute atomic E-state index is 0.163. The van der Waals surface area contributed by atoms with E-state index in [0.717, 1.165) is 21.0 Å². The molecule has 29 heavy (non-hydrogen) atoms. The predicted octanol–water partition coefficient (Wildman–Crippen LogP) is 4.56. The number of amides is 1. The molecule has 7 heteroatoms. The van der Waals surface area contributed by atoms with Gasteiger partial charge in [-0.15, -0.1) is 0 Å². The van der Waals surface area contributed by atoms with Gasteiger partial charge in [0.15, 0.2) is 6.61 Å². The van der Waals surface area contributed by atoms with Crippen LogP contribution in [0, 0.1) is 13.8 Å². The van der Waals surface area contributed by atoms with Crippen molar-refractivity contribution in [3.8, 4) is 0 Å². The molecule has 3 aromatic rings. The lowest BCUT2D eigenvalue weighted by Gasteiger charge is -2.11. The summed E-state index contributed by atoms with van der Waals surface area (Å²) < 4.78 is 10.2. The molecule has 0 aliphatic rings. The largest absolute Gasteiger partial charge is 0.456 e. The Bertz CT molecular complexity index is 966. The number of aryl methyl sites for hydroxylation is 2.